The number of fused-ring (bicyclic) bond motifs is 1. The van der Waals surface area contributed by atoms with E-state index in [2.05, 4.69) is 44.2 Å². The Labute approximate surface area is 139 Å². The summed E-state index contributed by atoms with van der Waals surface area (Å²) in [6.07, 6.45) is 6.76. The predicted molar refractivity (Wildman–Crippen MR) is 94.4 cm³/mol. The van der Waals surface area contributed by atoms with Gasteiger partial charge in [0.1, 0.15) is 6.07 Å². The summed E-state index contributed by atoms with van der Waals surface area (Å²) in [5.41, 5.74) is 6.65. The summed E-state index contributed by atoms with van der Waals surface area (Å²) in [5.74, 6) is 0.320. The van der Waals surface area contributed by atoms with Crippen molar-refractivity contribution in [3.8, 4) is 17.2 Å². The van der Waals surface area contributed by atoms with Gasteiger partial charge in [-0.05, 0) is 49.1 Å². The van der Waals surface area contributed by atoms with Crippen molar-refractivity contribution in [1.82, 2.24) is 4.98 Å². The second-order valence-electron chi connectivity index (χ2n) is 6.52. The lowest BCUT2D eigenvalue weighted by Crippen LogP contribution is -2.09. The summed E-state index contributed by atoms with van der Waals surface area (Å²) in [4.78, 5) is 4.98. The fourth-order valence-corrected chi connectivity index (χ4v) is 3.53. The van der Waals surface area contributed by atoms with Crippen LogP contribution in [0.25, 0.3) is 11.1 Å². The Morgan fingerprint density at radius 3 is 2.57 bits per heavy atom. The molecule has 1 aliphatic rings. The number of hydrogen-bond acceptors (Lipinski definition) is 2. The summed E-state index contributed by atoms with van der Waals surface area (Å²) in [7, 11) is 0. The van der Waals surface area contributed by atoms with Gasteiger partial charge in [0.15, 0.2) is 0 Å². The molecule has 0 radical (unpaired) electrons. The van der Waals surface area contributed by atoms with Gasteiger partial charge in [-0.3, -0.25) is 4.98 Å². The van der Waals surface area contributed by atoms with Gasteiger partial charge in [0, 0.05) is 11.3 Å². The average Bonchev–Trinajstić information content (AvgIpc) is 2.85. The van der Waals surface area contributed by atoms with E-state index in [9.17, 15) is 5.26 Å². The molecule has 0 amide bonds. The zero-order valence-corrected chi connectivity index (χ0v) is 14.1. The number of pyridine rings is 1. The molecule has 0 saturated carbocycles. The van der Waals surface area contributed by atoms with E-state index in [1.54, 1.807) is 0 Å². The van der Waals surface area contributed by atoms with E-state index in [1.807, 2.05) is 6.07 Å². The quantitative estimate of drug-likeness (QED) is 0.712. The number of benzene rings is 1. The van der Waals surface area contributed by atoms with Crippen LogP contribution in [0.4, 0.5) is 0 Å². The Bertz CT molecular complexity index is 726. The maximum absolute atomic E-state index is 9.89. The van der Waals surface area contributed by atoms with Crippen molar-refractivity contribution in [2.24, 2.45) is 0 Å². The van der Waals surface area contributed by atoms with E-state index in [0.29, 0.717) is 5.92 Å². The second-order valence-corrected chi connectivity index (χ2v) is 6.52. The van der Waals surface area contributed by atoms with Crippen molar-refractivity contribution < 1.29 is 0 Å². The summed E-state index contributed by atoms with van der Waals surface area (Å²) in [6, 6.07) is 12.9. The van der Waals surface area contributed by atoms with Gasteiger partial charge in [-0.1, -0.05) is 50.6 Å². The summed E-state index contributed by atoms with van der Waals surface area (Å²) < 4.78 is 0. The first kappa shape index (κ1) is 15.7. The van der Waals surface area contributed by atoms with Crippen molar-refractivity contribution in [2.45, 2.75) is 58.3 Å². The van der Waals surface area contributed by atoms with Crippen LogP contribution in [0.5, 0.6) is 0 Å². The molecule has 118 valence electrons. The lowest BCUT2D eigenvalue weighted by atomic mass is 9.87. The molecule has 2 nitrogen and oxygen atoms in total. The molecule has 1 heterocycles. The third-order valence-corrected chi connectivity index (χ3v) is 5.01. The Morgan fingerprint density at radius 2 is 1.87 bits per heavy atom. The molecule has 0 aliphatic heterocycles. The number of rotatable bonds is 3. The topological polar surface area (TPSA) is 36.7 Å². The van der Waals surface area contributed by atoms with Crippen molar-refractivity contribution in [3.63, 3.8) is 0 Å². The Hall–Kier alpha value is -2.14. The van der Waals surface area contributed by atoms with Gasteiger partial charge in [-0.2, -0.15) is 5.26 Å². The van der Waals surface area contributed by atoms with E-state index in [1.165, 1.54) is 30.5 Å². The van der Waals surface area contributed by atoms with Crippen LogP contribution >= 0.6 is 0 Å². The highest BCUT2D eigenvalue weighted by Gasteiger charge is 2.23. The van der Waals surface area contributed by atoms with Crippen molar-refractivity contribution >= 4 is 0 Å². The van der Waals surface area contributed by atoms with Crippen LogP contribution in [0, 0.1) is 11.3 Å². The molecule has 3 rings (SSSR count). The van der Waals surface area contributed by atoms with E-state index in [0.717, 1.165) is 41.6 Å². The lowest BCUT2D eigenvalue weighted by Gasteiger charge is -2.20. The first-order chi connectivity index (χ1) is 11.3. The average molecular weight is 304 g/mol. The van der Waals surface area contributed by atoms with Gasteiger partial charge in [0.2, 0.25) is 0 Å². The van der Waals surface area contributed by atoms with Crippen LogP contribution in [0.2, 0.25) is 0 Å². The van der Waals surface area contributed by atoms with Gasteiger partial charge >= 0.3 is 0 Å². The van der Waals surface area contributed by atoms with Crippen LogP contribution in [-0.2, 0) is 12.8 Å². The van der Waals surface area contributed by atoms with Crippen LogP contribution < -0.4 is 0 Å². The van der Waals surface area contributed by atoms with E-state index >= 15 is 0 Å². The molecule has 23 heavy (non-hydrogen) atoms. The lowest BCUT2D eigenvalue weighted by molar-refractivity contribution is 0.689. The van der Waals surface area contributed by atoms with E-state index in [-0.39, 0.29) is 0 Å². The molecule has 0 saturated heterocycles. The van der Waals surface area contributed by atoms with Crippen molar-refractivity contribution in [3.05, 3.63) is 52.8 Å². The van der Waals surface area contributed by atoms with Gasteiger partial charge in [0.05, 0.1) is 11.3 Å². The Balaban J connectivity index is 2.31. The zero-order valence-electron chi connectivity index (χ0n) is 14.1. The predicted octanol–water partition coefficient (Wildman–Crippen LogP) is 5.40. The Kier molecular flexibility index (Phi) is 4.76. The van der Waals surface area contributed by atoms with Gasteiger partial charge < -0.3 is 0 Å². The summed E-state index contributed by atoms with van der Waals surface area (Å²) in [5, 5.41) is 9.89. The van der Waals surface area contributed by atoms with Crippen LogP contribution in [-0.4, -0.2) is 4.98 Å². The van der Waals surface area contributed by atoms with Gasteiger partial charge in [-0.25, -0.2) is 0 Å². The smallest absolute Gasteiger partial charge is 0.102 e. The monoisotopic (exact) mass is 304 g/mol. The van der Waals surface area contributed by atoms with Crippen LogP contribution in [0.15, 0.2) is 30.3 Å². The maximum atomic E-state index is 9.89. The molecule has 2 aromatic rings. The second kappa shape index (κ2) is 6.96. The summed E-state index contributed by atoms with van der Waals surface area (Å²) in [6.45, 7) is 4.35. The molecule has 0 N–H and O–H groups in total. The largest absolute Gasteiger partial charge is 0.256 e. The SMILES string of the molecule is CCC(C)c1nc2c(c(-c3ccccc3)c1C#N)CCCCC2. The first-order valence-corrected chi connectivity index (χ1v) is 8.77. The minimum absolute atomic E-state index is 0.320. The van der Waals surface area contributed by atoms with Crippen LogP contribution in [0.3, 0.4) is 0 Å². The zero-order chi connectivity index (χ0) is 16.2. The number of hydrogen-bond donors (Lipinski definition) is 0. The Morgan fingerprint density at radius 1 is 1.13 bits per heavy atom. The van der Waals surface area contributed by atoms with E-state index < -0.39 is 0 Å². The maximum Gasteiger partial charge on any atom is 0.102 e. The molecule has 1 aromatic carbocycles. The molecule has 0 spiro atoms. The van der Waals surface area contributed by atoms with Crippen LogP contribution in [0.1, 0.15) is 68.0 Å². The van der Waals surface area contributed by atoms with Gasteiger partial charge in [0.25, 0.3) is 0 Å². The minimum Gasteiger partial charge on any atom is -0.256 e. The number of aryl methyl sites for hydroxylation is 1. The molecular formula is C21H24N2. The standard InChI is InChI=1S/C21H24N2/c1-3-15(2)21-18(14-22)20(16-10-6-4-7-11-16)17-12-8-5-9-13-19(17)23-21/h4,6-7,10-11,15H,3,5,8-9,12-13H2,1-2H3. The first-order valence-electron chi connectivity index (χ1n) is 8.77. The highest BCUT2D eigenvalue weighted by molar-refractivity contribution is 5.76. The normalized spacial score (nSPS) is 15.3. The fraction of sp³-hybridized carbons (Fsp3) is 0.429. The molecule has 0 bridgehead atoms. The molecule has 1 unspecified atom stereocenters. The molecule has 1 atom stereocenters. The molecule has 1 aliphatic carbocycles. The fourth-order valence-electron chi connectivity index (χ4n) is 3.53. The van der Waals surface area contributed by atoms with Gasteiger partial charge in [-0.15, -0.1) is 0 Å². The summed E-state index contributed by atoms with van der Waals surface area (Å²) >= 11 is 0. The van der Waals surface area contributed by atoms with E-state index in [4.69, 9.17) is 4.98 Å². The third kappa shape index (κ3) is 3.01. The molecule has 1 aromatic heterocycles. The van der Waals surface area contributed by atoms with Crippen molar-refractivity contribution in [1.29, 1.82) is 5.26 Å². The number of aromatic nitrogens is 1. The highest BCUT2D eigenvalue weighted by Crippen LogP contribution is 2.36. The highest BCUT2D eigenvalue weighted by atomic mass is 14.7. The molecular weight excluding hydrogens is 280 g/mol. The molecule has 2 heteroatoms. The number of nitrogens with zero attached hydrogens (tertiary/aromatic N) is 2. The third-order valence-electron chi connectivity index (χ3n) is 5.01. The number of nitriles is 1. The van der Waals surface area contributed by atoms with Crippen molar-refractivity contribution in [2.75, 3.05) is 0 Å². The molecule has 0 fully saturated rings. The minimum atomic E-state index is 0.320.